The topological polar surface area (TPSA) is 78.9 Å². The molecule has 6 heteroatoms. The van der Waals surface area contributed by atoms with Crippen molar-refractivity contribution in [3.05, 3.63) is 47.6 Å². The first kappa shape index (κ1) is 17.2. The van der Waals surface area contributed by atoms with Gasteiger partial charge in [-0.25, -0.2) is 14.4 Å². The summed E-state index contributed by atoms with van der Waals surface area (Å²) in [4.78, 5) is 36.2. The summed E-state index contributed by atoms with van der Waals surface area (Å²) in [6.45, 7) is 10.8. The molecule has 2 aliphatic heterocycles. The first-order valence-corrected chi connectivity index (χ1v) is 8.11. The number of esters is 3. The van der Waals surface area contributed by atoms with Crippen molar-refractivity contribution in [1.82, 2.24) is 0 Å². The van der Waals surface area contributed by atoms with Gasteiger partial charge < -0.3 is 14.2 Å². The number of hydrogen-bond acceptors (Lipinski definition) is 6. The molecule has 3 aliphatic rings. The summed E-state index contributed by atoms with van der Waals surface area (Å²) in [6, 6.07) is 0. The molecule has 2 heterocycles. The summed E-state index contributed by atoms with van der Waals surface area (Å²) in [5.74, 6) is -2.09. The highest BCUT2D eigenvalue weighted by Gasteiger charge is 2.46. The molecule has 0 amide bonds. The molecule has 132 valence electrons. The van der Waals surface area contributed by atoms with E-state index in [0.29, 0.717) is 12.0 Å². The molecule has 1 aliphatic carbocycles. The summed E-state index contributed by atoms with van der Waals surface area (Å²) < 4.78 is 16.3. The van der Waals surface area contributed by atoms with Crippen molar-refractivity contribution in [3.8, 4) is 0 Å². The van der Waals surface area contributed by atoms with Crippen molar-refractivity contribution in [1.29, 1.82) is 0 Å². The zero-order chi connectivity index (χ0) is 18.3. The Morgan fingerprint density at radius 2 is 1.92 bits per heavy atom. The minimum absolute atomic E-state index is 0.137. The van der Waals surface area contributed by atoms with Crippen LogP contribution >= 0.6 is 0 Å². The van der Waals surface area contributed by atoms with E-state index < -0.39 is 36.0 Å². The van der Waals surface area contributed by atoms with E-state index in [1.165, 1.54) is 6.92 Å². The van der Waals surface area contributed by atoms with Crippen molar-refractivity contribution in [3.63, 3.8) is 0 Å². The van der Waals surface area contributed by atoms with Crippen LogP contribution in [0.5, 0.6) is 0 Å². The van der Waals surface area contributed by atoms with Crippen molar-refractivity contribution < 1.29 is 28.6 Å². The molecule has 25 heavy (non-hydrogen) atoms. The van der Waals surface area contributed by atoms with Gasteiger partial charge >= 0.3 is 17.9 Å². The Hall–Kier alpha value is -2.63. The Morgan fingerprint density at radius 3 is 2.60 bits per heavy atom. The minimum Gasteiger partial charge on any atom is -0.458 e. The molecule has 2 bridgehead atoms. The summed E-state index contributed by atoms with van der Waals surface area (Å²) >= 11 is 0. The van der Waals surface area contributed by atoms with E-state index in [1.54, 1.807) is 6.08 Å². The average Bonchev–Trinajstić information content (AvgIpc) is 2.98. The van der Waals surface area contributed by atoms with E-state index in [9.17, 15) is 14.4 Å². The normalized spacial score (nSPS) is 33.4. The third kappa shape index (κ3) is 3.29. The molecule has 0 unspecified atom stereocenters. The predicted octanol–water partition coefficient (Wildman–Crippen LogP) is 2.16. The van der Waals surface area contributed by atoms with Crippen LogP contribution in [0.1, 0.15) is 26.7 Å². The highest BCUT2D eigenvalue weighted by Crippen LogP contribution is 2.38. The largest absolute Gasteiger partial charge is 0.458 e. The van der Waals surface area contributed by atoms with Gasteiger partial charge in [-0.2, -0.15) is 0 Å². The summed E-state index contributed by atoms with van der Waals surface area (Å²) in [7, 11) is 0. The molecule has 3 rings (SSSR count). The van der Waals surface area contributed by atoms with Crippen LogP contribution < -0.4 is 0 Å². The monoisotopic (exact) mass is 344 g/mol. The van der Waals surface area contributed by atoms with E-state index in [0.717, 1.165) is 5.57 Å². The Balaban J connectivity index is 2.01. The highest BCUT2D eigenvalue weighted by molar-refractivity contribution is 5.93. The molecule has 0 aromatic heterocycles. The molecule has 0 spiro atoms. The van der Waals surface area contributed by atoms with Gasteiger partial charge in [0.15, 0.2) is 0 Å². The molecule has 4 atom stereocenters. The second-order valence-corrected chi connectivity index (χ2v) is 6.70. The third-order valence-corrected chi connectivity index (χ3v) is 4.57. The second-order valence-electron chi connectivity index (χ2n) is 6.70. The van der Waals surface area contributed by atoms with Crippen LogP contribution in [0.3, 0.4) is 0 Å². The van der Waals surface area contributed by atoms with Crippen molar-refractivity contribution in [2.45, 2.75) is 45.0 Å². The van der Waals surface area contributed by atoms with E-state index in [1.807, 2.05) is 13.0 Å². The van der Waals surface area contributed by atoms with Crippen molar-refractivity contribution in [2.24, 2.45) is 5.92 Å². The predicted molar refractivity (Wildman–Crippen MR) is 88.2 cm³/mol. The van der Waals surface area contributed by atoms with Crippen LogP contribution in [0, 0.1) is 5.92 Å². The third-order valence-electron chi connectivity index (χ3n) is 4.57. The van der Waals surface area contributed by atoms with Gasteiger partial charge in [0.1, 0.15) is 18.3 Å². The Morgan fingerprint density at radius 1 is 1.20 bits per heavy atom. The molecule has 0 saturated carbocycles. The van der Waals surface area contributed by atoms with Gasteiger partial charge in [0.2, 0.25) is 0 Å². The summed E-state index contributed by atoms with van der Waals surface area (Å²) in [6.07, 6.45) is 2.52. The molecule has 0 aromatic carbocycles. The molecule has 0 radical (unpaired) electrons. The average molecular weight is 344 g/mol. The summed E-state index contributed by atoms with van der Waals surface area (Å²) in [5, 5.41) is 0. The van der Waals surface area contributed by atoms with Gasteiger partial charge in [-0.3, -0.25) is 0 Å². The molecule has 0 N–H and O–H groups in total. The maximum Gasteiger partial charge on any atom is 0.334 e. The number of carbonyl (C=O) groups excluding carboxylic acids is 3. The maximum absolute atomic E-state index is 12.1. The molecule has 0 aromatic rings. The number of carbonyl (C=O) groups is 3. The van der Waals surface area contributed by atoms with Crippen molar-refractivity contribution in [2.75, 3.05) is 0 Å². The SMILES string of the molecule is C=C(C)C(=O)O[C@@H]1CC2=C[C@@H](C/C(C)=C\[C@H]3OC(=O)C(=C)[C@@H]31)OC2=O. The van der Waals surface area contributed by atoms with E-state index in [2.05, 4.69) is 13.2 Å². The first-order valence-electron chi connectivity index (χ1n) is 8.11. The van der Waals surface area contributed by atoms with Crippen LogP contribution in [-0.4, -0.2) is 36.2 Å². The number of ether oxygens (including phenoxy) is 3. The van der Waals surface area contributed by atoms with Crippen LogP contribution in [0.15, 0.2) is 47.6 Å². The van der Waals surface area contributed by atoms with Gasteiger partial charge in [0.05, 0.1) is 5.92 Å². The zero-order valence-corrected chi connectivity index (χ0v) is 14.2. The van der Waals surface area contributed by atoms with Crippen molar-refractivity contribution >= 4 is 17.9 Å². The van der Waals surface area contributed by atoms with Crippen LogP contribution in [0.25, 0.3) is 0 Å². The summed E-state index contributed by atoms with van der Waals surface area (Å²) in [5.41, 5.74) is 1.82. The number of rotatable bonds is 2. The van der Waals surface area contributed by atoms with E-state index in [-0.39, 0.29) is 23.7 Å². The fraction of sp³-hybridized carbons (Fsp3) is 0.421. The Kier molecular flexibility index (Phi) is 4.37. The van der Waals surface area contributed by atoms with Crippen LogP contribution in [0.4, 0.5) is 0 Å². The fourth-order valence-electron chi connectivity index (χ4n) is 3.33. The van der Waals surface area contributed by atoms with Crippen LogP contribution in [0.2, 0.25) is 0 Å². The quantitative estimate of drug-likeness (QED) is 0.331. The molecular weight excluding hydrogens is 324 g/mol. The lowest BCUT2D eigenvalue weighted by Crippen LogP contribution is -2.34. The first-order chi connectivity index (χ1) is 11.8. The minimum atomic E-state index is -0.771. The standard InChI is InChI=1S/C19H20O6/c1-9(2)17(20)24-15-8-12-7-13(23-19(12)22)5-10(3)6-14-16(15)11(4)18(21)25-14/h6-7,13-16H,1,4-5,8H2,2-3H3/b10-6-/t13-,14-,15-,16+/m1/s1. The molecule has 6 nitrogen and oxygen atoms in total. The molecular formula is C19H20O6. The van der Waals surface area contributed by atoms with E-state index >= 15 is 0 Å². The Bertz CT molecular complexity index is 741. The maximum atomic E-state index is 12.1. The van der Waals surface area contributed by atoms with E-state index in [4.69, 9.17) is 14.2 Å². The van der Waals surface area contributed by atoms with Crippen LogP contribution in [-0.2, 0) is 28.6 Å². The van der Waals surface area contributed by atoms with Gasteiger partial charge in [-0.05, 0) is 26.0 Å². The lowest BCUT2D eigenvalue weighted by Gasteiger charge is -2.26. The van der Waals surface area contributed by atoms with Gasteiger partial charge in [-0.15, -0.1) is 0 Å². The molecule has 1 saturated heterocycles. The number of hydrogen-bond donors (Lipinski definition) is 0. The lowest BCUT2D eigenvalue weighted by molar-refractivity contribution is -0.148. The number of fused-ring (bicyclic) bond motifs is 2. The smallest absolute Gasteiger partial charge is 0.334 e. The lowest BCUT2D eigenvalue weighted by atomic mass is 9.85. The zero-order valence-electron chi connectivity index (χ0n) is 14.2. The van der Waals surface area contributed by atoms with Gasteiger partial charge in [-0.1, -0.05) is 18.7 Å². The van der Waals surface area contributed by atoms with Gasteiger partial charge in [0, 0.05) is 29.6 Å². The molecule has 1 fully saturated rings. The fourth-order valence-corrected chi connectivity index (χ4v) is 3.33. The van der Waals surface area contributed by atoms with Gasteiger partial charge in [0.25, 0.3) is 0 Å². The second kappa shape index (κ2) is 6.35. The Labute approximate surface area is 145 Å². The highest BCUT2D eigenvalue weighted by atomic mass is 16.6.